The summed E-state index contributed by atoms with van der Waals surface area (Å²) < 4.78 is 0. The third-order valence-electron chi connectivity index (χ3n) is 2.65. The topological polar surface area (TPSA) is 45.5 Å². The Bertz CT molecular complexity index is 143. The van der Waals surface area contributed by atoms with E-state index >= 15 is 0 Å². The van der Waals surface area contributed by atoms with Gasteiger partial charge in [0.1, 0.15) is 0 Å². The molecule has 1 fully saturated rings. The molecule has 0 aromatic carbocycles. The average Bonchev–Trinajstić information content (AvgIpc) is 2.18. The van der Waals surface area contributed by atoms with Crippen LogP contribution in [0.4, 0.5) is 0 Å². The van der Waals surface area contributed by atoms with E-state index in [1.807, 2.05) is 0 Å². The van der Waals surface area contributed by atoms with Gasteiger partial charge in [0.15, 0.2) is 0 Å². The van der Waals surface area contributed by atoms with E-state index in [1.165, 1.54) is 0 Å². The molecule has 0 radical (unpaired) electrons. The monoisotopic (exact) mass is 275 g/mol. The molecule has 0 amide bonds. The summed E-state index contributed by atoms with van der Waals surface area (Å²) in [7, 11) is 0. The summed E-state index contributed by atoms with van der Waals surface area (Å²) in [6.45, 7) is 12.0. The third-order valence-corrected chi connectivity index (χ3v) is 2.65. The molecule has 0 N–H and O–H groups in total. The van der Waals surface area contributed by atoms with Crippen LogP contribution in [-0.4, -0.2) is 63.3 Å². The van der Waals surface area contributed by atoms with Crippen molar-refractivity contribution in [3.63, 3.8) is 0 Å². The maximum atomic E-state index is 4.47. The zero-order chi connectivity index (χ0) is 10.9. The molecule has 1 aliphatic heterocycles. The fourth-order valence-corrected chi connectivity index (χ4v) is 1.64. The predicted octanol–water partition coefficient (Wildman–Crippen LogP) is 1.83. The standard InChI is InChI=1S/C11H23N4.Zn/c1-11(2)15-9-7-13-5-3-12-4-6-14-8-10-15;/h11H,3-10H2,1-2H3;/q-3;+2. The molecule has 0 aromatic heterocycles. The Hall–Kier alpha value is 0.463. The Morgan fingerprint density at radius 3 is 1.50 bits per heavy atom. The van der Waals surface area contributed by atoms with E-state index < -0.39 is 0 Å². The third kappa shape index (κ3) is 7.69. The molecular weight excluding hydrogens is 254 g/mol. The second-order valence-electron chi connectivity index (χ2n) is 4.14. The van der Waals surface area contributed by atoms with Crippen molar-refractivity contribution in [3.05, 3.63) is 16.0 Å². The van der Waals surface area contributed by atoms with E-state index in [2.05, 4.69) is 34.7 Å². The Balaban J connectivity index is 0.00000225. The van der Waals surface area contributed by atoms with Crippen LogP contribution in [0.5, 0.6) is 0 Å². The van der Waals surface area contributed by atoms with Crippen molar-refractivity contribution < 1.29 is 19.5 Å². The quantitative estimate of drug-likeness (QED) is 0.674. The van der Waals surface area contributed by atoms with Gasteiger partial charge in [0.25, 0.3) is 0 Å². The molecule has 1 heterocycles. The summed E-state index contributed by atoms with van der Waals surface area (Å²) in [5, 5.41) is 13.3. The van der Waals surface area contributed by atoms with Crippen LogP contribution in [0, 0.1) is 0 Å². The van der Waals surface area contributed by atoms with Crippen LogP contribution in [0.2, 0.25) is 0 Å². The summed E-state index contributed by atoms with van der Waals surface area (Å²) in [6, 6.07) is 0.600. The summed E-state index contributed by atoms with van der Waals surface area (Å²) in [5.74, 6) is 0. The molecule has 4 nitrogen and oxygen atoms in total. The first-order chi connectivity index (χ1) is 7.30. The van der Waals surface area contributed by atoms with E-state index in [-0.39, 0.29) is 19.5 Å². The van der Waals surface area contributed by atoms with Gasteiger partial charge in [0.05, 0.1) is 0 Å². The van der Waals surface area contributed by atoms with E-state index in [0.29, 0.717) is 6.04 Å². The first-order valence-electron chi connectivity index (χ1n) is 5.94. The molecule has 0 saturated carbocycles. The first kappa shape index (κ1) is 16.5. The molecule has 0 spiro atoms. The van der Waals surface area contributed by atoms with Crippen molar-refractivity contribution in [1.82, 2.24) is 4.90 Å². The molecule has 1 rings (SSSR count). The molecule has 1 aliphatic rings. The minimum absolute atomic E-state index is 0. The van der Waals surface area contributed by atoms with E-state index in [1.54, 1.807) is 0 Å². The largest absolute Gasteiger partial charge is 2.00 e. The predicted molar refractivity (Wildman–Crippen MR) is 66.0 cm³/mol. The smallest absolute Gasteiger partial charge is 0.665 e. The van der Waals surface area contributed by atoms with E-state index in [9.17, 15) is 0 Å². The van der Waals surface area contributed by atoms with Crippen molar-refractivity contribution in [3.8, 4) is 0 Å². The van der Waals surface area contributed by atoms with Crippen LogP contribution in [0.1, 0.15) is 13.8 Å². The molecule has 0 atom stereocenters. The van der Waals surface area contributed by atoms with Crippen LogP contribution in [0.15, 0.2) is 0 Å². The molecule has 0 bridgehead atoms. The molecule has 90 valence electrons. The molecule has 16 heavy (non-hydrogen) atoms. The molecule has 0 aromatic rings. The van der Waals surface area contributed by atoms with Crippen molar-refractivity contribution in [2.45, 2.75) is 19.9 Å². The van der Waals surface area contributed by atoms with Gasteiger partial charge in [-0.3, -0.25) is 0 Å². The summed E-state index contributed by atoms with van der Waals surface area (Å²) in [6.07, 6.45) is 0. The zero-order valence-electron chi connectivity index (χ0n) is 10.7. The normalized spacial score (nSPS) is 21.9. The fourth-order valence-electron chi connectivity index (χ4n) is 1.64. The molecule has 1 saturated heterocycles. The molecule has 0 aliphatic carbocycles. The summed E-state index contributed by atoms with van der Waals surface area (Å²) >= 11 is 0. The fraction of sp³-hybridized carbons (Fsp3) is 1.00. The maximum absolute atomic E-state index is 4.47. The van der Waals surface area contributed by atoms with Gasteiger partial charge in [-0.05, 0) is 26.9 Å². The van der Waals surface area contributed by atoms with Gasteiger partial charge in [-0.15, -0.1) is 13.1 Å². The minimum Gasteiger partial charge on any atom is -0.665 e. The Morgan fingerprint density at radius 1 is 0.750 bits per heavy atom. The van der Waals surface area contributed by atoms with Crippen LogP contribution in [-0.2, 0) is 19.5 Å². The van der Waals surface area contributed by atoms with Gasteiger partial charge >= 0.3 is 19.5 Å². The number of nitrogens with zero attached hydrogens (tertiary/aromatic N) is 4. The van der Waals surface area contributed by atoms with Crippen molar-refractivity contribution >= 4 is 0 Å². The van der Waals surface area contributed by atoms with Gasteiger partial charge in [0, 0.05) is 6.04 Å². The van der Waals surface area contributed by atoms with Gasteiger partial charge in [-0.25, -0.2) is 0 Å². The Kier molecular flexibility index (Phi) is 10.9. The van der Waals surface area contributed by atoms with E-state index in [4.69, 9.17) is 0 Å². The molecule has 0 unspecified atom stereocenters. The van der Waals surface area contributed by atoms with Crippen LogP contribution in [0.3, 0.4) is 0 Å². The van der Waals surface area contributed by atoms with Crippen LogP contribution < -0.4 is 0 Å². The van der Waals surface area contributed by atoms with Crippen LogP contribution in [0.25, 0.3) is 16.0 Å². The van der Waals surface area contributed by atoms with Gasteiger partial charge in [-0.1, -0.05) is 0 Å². The average molecular weight is 277 g/mol. The second kappa shape index (κ2) is 10.6. The zero-order valence-corrected chi connectivity index (χ0v) is 13.7. The van der Waals surface area contributed by atoms with Gasteiger partial charge in [-0.2, -0.15) is 26.2 Å². The molecule has 5 heteroatoms. The number of hydrogen-bond acceptors (Lipinski definition) is 1. The van der Waals surface area contributed by atoms with Crippen molar-refractivity contribution in [2.24, 2.45) is 0 Å². The Morgan fingerprint density at radius 2 is 1.12 bits per heavy atom. The second-order valence-corrected chi connectivity index (χ2v) is 4.14. The van der Waals surface area contributed by atoms with Crippen LogP contribution >= 0.6 is 0 Å². The minimum atomic E-state index is 0. The summed E-state index contributed by atoms with van der Waals surface area (Å²) in [5.41, 5.74) is 0. The van der Waals surface area contributed by atoms with Gasteiger partial charge in [0.2, 0.25) is 0 Å². The maximum Gasteiger partial charge on any atom is 2.00 e. The van der Waals surface area contributed by atoms with Gasteiger partial charge < -0.3 is 20.9 Å². The van der Waals surface area contributed by atoms with Crippen molar-refractivity contribution in [1.29, 1.82) is 0 Å². The Labute approximate surface area is 113 Å². The number of rotatable bonds is 1. The summed E-state index contributed by atoms with van der Waals surface area (Å²) in [4.78, 5) is 2.45. The van der Waals surface area contributed by atoms with E-state index in [0.717, 1.165) is 52.4 Å². The SMILES string of the molecule is CC(C)N1CC[N-]CC[N-]CC[N-]CC1.[Zn+2]. The number of hydrogen-bond donors (Lipinski definition) is 0. The first-order valence-corrected chi connectivity index (χ1v) is 5.94. The van der Waals surface area contributed by atoms with Crippen molar-refractivity contribution in [2.75, 3.05) is 52.4 Å². The molecular formula is C11H23N4Zn-.